The third-order valence-corrected chi connectivity index (χ3v) is 4.62. The van der Waals surface area contributed by atoms with Crippen molar-refractivity contribution in [3.8, 4) is 5.88 Å². The zero-order chi connectivity index (χ0) is 15.5. The molecule has 1 aromatic heterocycles. The van der Waals surface area contributed by atoms with Gasteiger partial charge < -0.3 is 15.4 Å². The molecular formula is C18H22N4O. The van der Waals surface area contributed by atoms with Gasteiger partial charge in [-0.3, -0.25) is 0 Å². The molecule has 0 spiro atoms. The SMILES string of the molecule is c1ccc2c(c1)CC(Nc1cc(OC3CCNCC3)ncn1)C2. The van der Waals surface area contributed by atoms with Gasteiger partial charge in [0.2, 0.25) is 5.88 Å². The van der Waals surface area contributed by atoms with Crippen LogP contribution in [0.2, 0.25) is 0 Å². The van der Waals surface area contributed by atoms with Gasteiger partial charge in [0.15, 0.2) is 0 Å². The molecule has 1 saturated heterocycles. The molecule has 1 aliphatic carbocycles. The predicted octanol–water partition coefficient (Wildman–Crippen LogP) is 2.19. The first-order valence-electron chi connectivity index (χ1n) is 8.39. The van der Waals surface area contributed by atoms with Gasteiger partial charge in [0, 0.05) is 12.1 Å². The zero-order valence-corrected chi connectivity index (χ0v) is 13.2. The highest BCUT2D eigenvalue weighted by Gasteiger charge is 2.21. The molecule has 23 heavy (non-hydrogen) atoms. The lowest BCUT2D eigenvalue weighted by Crippen LogP contribution is -2.34. The van der Waals surface area contributed by atoms with Crippen molar-refractivity contribution >= 4 is 5.82 Å². The number of hydrogen-bond acceptors (Lipinski definition) is 5. The molecule has 0 amide bonds. The number of piperidine rings is 1. The van der Waals surface area contributed by atoms with Gasteiger partial charge in [-0.25, -0.2) is 9.97 Å². The largest absolute Gasteiger partial charge is 0.474 e. The van der Waals surface area contributed by atoms with Crippen LogP contribution in [0.1, 0.15) is 24.0 Å². The van der Waals surface area contributed by atoms with Gasteiger partial charge in [-0.1, -0.05) is 24.3 Å². The van der Waals surface area contributed by atoms with E-state index in [1.165, 1.54) is 11.1 Å². The minimum atomic E-state index is 0.259. The van der Waals surface area contributed by atoms with Gasteiger partial charge in [-0.05, 0) is 49.9 Å². The van der Waals surface area contributed by atoms with E-state index in [1.54, 1.807) is 6.33 Å². The van der Waals surface area contributed by atoms with Gasteiger partial charge in [0.05, 0.1) is 0 Å². The standard InChI is InChI=1S/C18H22N4O/c1-2-4-14-10-15(9-13(14)3-1)22-17-11-18(21-12-20-17)23-16-5-7-19-8-6-16/h1-4,11-12,15-16,19H,5-10H2,(H,20,21,22). The molecule has 2 heterocycles. The van der Waals surface area contributed by atoms with E-state index in [1.807, 2.05) is 6.07 Å². The number of ether oxygens (including phenoxy) is 1. The van der Waals surface area contributed by atoms with Crippen molar-refractivity contribution < 1.29 is 4.74 Å². The second-order valence-electron chi connectivity index (χ2n) is 6.33. The van der Waals surface area contributed by atoms with Crippen LogP contribution in [0.3, 0.4) is 0 Å². The minimum Gasteiger partial charge on any atom is -0.474 e. The summed E-state index contributed by atoms with van der Waals surface area (Å²) in [5, 5.41) is 6.87. The quantitative estimate of drug-likeness (QED) is 0.906. The van der Waals surface area contributed by atoms with Crippen molar-refractivity contribution in [3.05, 3.63) is 47.8 Å². The first-order valence-corrected chi connectivity index (χ1v) is 8.39. The van der Waals surface area contributed by atoms with Gasteiger partial charge in [0.25, 0.3) is 0 Å². The summed E-state index contributed by atoms with van der Waals surface area (Å²) in [5.74, 6) is 1.52. The van der Waals surface area contributed by atoms with Crippen molar-refractivity contribution in [3.63, 3.8) is 0 Å². The van der Waals surface area contributed by atoms with Crippen LogP contribution in [-0.4, -0.2) is 35.2 Å². The Labute approximate surface area is 136 Å². The lowest BCUT2D eigenvalue weighted by molar-refractivity contribution is 0.156. The highest BCUT2D eigenvalue weighted by atomic mass is 16.5. The van der Waals surface area contributed by atoms with Crippen molar-refractivity contribution in [1.29, 1.82) is 0 Å². The second kappa shape index (κ2) is 6.54. The summed E-state index contributed by atoms with van der Waals surface area (Å²) in [7, 11) is 0. The zero-order valence-electron chi connectivity index (χ0n) is 13.2. The molecule has 2 aliphatic rings. The maximum atomic E-state index is 5.99. The Morgan fingerprint density at radius 2 is 1.78 bits per heavy atom. The Bertz CT molecular complexity index is 645. The summed E-state index contributed by atoms with van der Waals surface area (Å²) in [5.41, 5.74) is 2.87. The van der Waals surface area contributed by atoms with E-state index >= 15 is 0 Å². The average Bonchev–Trinajstić information content (AvgIpc) is 2.98. The Hall–Kier alpha value is -2.14. The highest BCUT2D eigenvalue weighted by Crippen LogP contribution is 2.24. The van der Waals surface area contributed by atoms with Crippen LogP contribution in [0.25, 0.3) is 0 Å². The molecular weight excluding hydrogens is 288 g/mol. The molecule has 5 heteroatoms. The number of nitrogens with zero attached hydrogens (tertiary/aromatic N) is 2. The molecule has 5 nitrogen and oxygen atoms in total. The molecule has 0 atom stereocenters. The average molecular weight is 310 g/mol. The van der Waals surface area contributed by atoms with E-state index < -0.39 is 0 Å². The summed E-state index contributed by atoms with van der Waals surface area (Å²) in [6.45, 7) is 2.03. The van der Waals surface area contributed by atoms with Gasteiger partial charge in [-0.2, -0.15) is 0 Å². The molecule has 2 N–H and O–H groups in total. The molecule has 0 saturated carbocycles. The van der Waals surface area contributed by atoms with Gasteiger partial charge >= 0.3 is 0 Å². The highest BCUT2D eigenvalue weighted by molar-refractivity contribution is 5.42. The van der Waals surface area contributed by atoms with Crippen LogP contribution in [0.15, 0.2) is 36.7 Å². The number of nitrogens with one attached hydrogen (secondary N) is 2. The van der Waals surface area contributed by atoms with E-state index in [4.69, 9.17) is 4.74 Å². The molecule has 1 fully saturated rings. The first kappa shape index (κ1) is 14.5. The third kappa shape index (κ3) is 3.45. The van der Waals surface area contributed by atoms with Gasteiger partial charge in [-0.15, -0.1) is 0 Å². The van der Waals surface area contributed by atoms with E-state index in [9.17, 15) is 0 Å². The monoisotopic (exact) mass is 310 g/mol. The summed E-state index contributed by atoms with van der Waals surface area (Å²) in [6, 6.07) is 11.0. The normalized spacial score (nSPS) is 18.6. The number of anilines is 1. The molecule has 120 valence electrons. The Morgan fingerprint density at radius 3 is 2.52 bits per heavy atom. The fourth-order valence-corrected chi connectivity index (χ4v) is 3.44. The molecule has 0 unspecified atom stereocenters. The van der Waals surface area contributed by atoms with Gasteiger partial charge in [0.1, 0.15) is 18.2 Å². The first-order chi connectivity index (χ1) is 11.4. The fourth-order valence-electron chi connectivity index (χ4n) is 3.44. The molecule has 4 rings (SSSR count). The van der Waals surface area contributed by atoms with E-state index in [0.29, 0.717) is 11.9 Å². The smallest absolute Gasteiger partial charge is 0.218 e. The molecule has 1 aliphatic heterocycles. The summed E-state index contributed by atoms with van der Waals surface area (Å²) >= 11 is 0. The van der Waals surface area contributed by atoms with Crippen molar-refractivity contribution in [1.82, 2.24) is 15.3 Å². The summed E-state index contributed by atoms with van der Waals surface area (Å²) in [6.07, 6.45) is 6.00. The number of rotatable bonds is 4. The van der Waals surface area contributed by atoms with Crippen molar-refractivity contribution in [2.24, 2.45) is 0 Å². The maximum absolute atomic E-state index is 5.99. The van der Waals surface area contributed by atoms with Crippen LogP contribution >= 0.6 is 0 Å². The van der Waals surface area contributed by atoms with Crippen LogP contribution in [-0.2, 0) is 12.8 Å². The summed E-state index contributed by atoms with van der Waals surface area (Å²) in [4.78, 5) is 8.60. The molecule has 0 radical (unpaired) electrons. The van der Waals surface area contributed by atoms with Crippen molar-refractivity contribution in [2.45, 2.75) is 37.8 Å². The lowest BCUT2D eigenvalue weighted by atomic mass is 10.1. The molecule has 2 aromatic rings. The lowest BCUT2D eigenvalue weighted by Gasteiger charge is -2.23. The number of benzene rings is 1. The molecule has 1 aromatic carbocycles. The molecule has 0 bridgehead atoms. The summed E-state index contributed by atoms with van der Waals surface area (Å²) < 4.78 is 5.99. The maximum Gasteiger partial charge on any atom is 0.218 e. The fraction of sp³-hybridized carbons (Fsp3) is 0.444. The Balaban J connectivity index is 1.39. The number of hydrogen-bond donors (Lipinski definition) is 2. The predicted molar refractivity (Wildman–Crippen MR) is 89.8 cm³/mol. The van der Waals surface area contributed by atoms with E-state index in [2.05, 4.69) is 44.9 Å². The van der Waals surface area contributed by atoms with Crippen LogP contribution in [0, 0.1) is 0 Å². The van der Waals surface area contributed by atoms with E-state index in [-0.39, 0.29) is 6.10 Å². The van der Waals surface area contributed by atoms with Crippen LogP contribution < -0.4 is 15.4 Å². The Kier molecular flexibility index (Phi) is 4.11. The van der Waals surface area contributed by atoms with Crippen LogP contribution in [0.4, 0.5) is 5.82 Å². The number of fused-ring (bicyclic) bond motifs is 1. The second-order valence-corrected chi connectivity index (χ2v) is 6.33. The Morgan fingerprint density at radius 1 is 1.04 bits per heavy atom. The van der Waals surface area contributed by atoms with E-state index in [0.717, 1.165) is 44.6 Å². The number of aromatic nitrogens is 2. The van der Waals surface area contributed by atoms with Crippen LogP contribution in [0.5, 0.6) is 5.88 Å². The van der Waals surface area contributed by atoms with Crippen molar-refractivity contribution in [2.75, 3.05) is 18.4 Å². The minimum absolute atomic E-state index is 0.259. The topological polar surface area (TPSA) is 59.1 Å². The third-order valence-electron chi connectivity index (χ3n) is 4.62.